The number of nitrogens with zero attached hydrogens (tertiary/aromatic N) is 1. The molecule has 0 saturated carbocycles. The Morgan fingerprint density at radius 1 is 1.09 bits per heavy atom. The van der Waals surface area contributed by atoms with E-state index in [9.17, 15) is 9.59 Å². The molecule has 0 aliphatic carbocycles. The summed E-state index contributed by atoms with van der Waals surface area (Å²) in [7, 11) is 0. The average Bonchev–Trinajstić information content (AvgIpc) is 2.51. The van der Waals surface area contributed by atoms with E-state index in [0.29, 0.717) is 5.69 Å². The Hall–Kier alpha value is -2.47. The molecular formula is C17H16BrN3O2. The van der Waals surface area contributed by atoms with Crippen molar-refractivity contribution >= 4 is 39.6 Å². The number of amides is 2. The van der Waals surface area contributed by atoms with Crippen LogP contribution in [0, 0.1) is 13.8 Å². The maximum absolute atomic E-state index is 11.9. The van der Waals surface area contributed by atoms with Gasteiger partial charge in [0.2, 0.25) is 0 Å². The highest BCUT2D eigenvalue weighted by Gasteiger charge is 2.13. The number of hydrogen-bond acceptors (Lipinski definition) is 3. The summed E-state index contributed by atoms with van der Waals surface area (Å²) in [6, 6.07) is 13.0. The van der Waals surface area contributed by atoms with Crippen LogP contribution >= 0.6 is 15.9 Å². The van der Waals surface area contributed by atoms with Gasteiger partial charge in [0.25, 0.3) is 0 Å². The minimum absolute atomic E-state index is 0.612. The van der Waals surface area contributed by atoms with Gasteiger partial charge in [0.05, 0.1) is 6.21 Å². The summed E-state index contributed by atoms with van der Waals surface area (Å²) in [5.74, 6) is -1.58. The van der Waals surface area contributed by atoms with Crippen LogP contribution in [0.3, 0.4) is 0 Å². The predicted octanol–water partition coefficient (Wildman–Crippen LogP) is 3.15. The van der Waals surface area contributed by atoms with E-state index in [4.69, 9.17) is 0 Å². The molecule has 0 spiro atoms. The van der Waals surface area contributed by atoms with Crippen molar-refractivity contribution in [1.82, 2.24) is 5.43 Å². The van der Waals surface area contributed by atoms with Crippen molar-refractivity contribution in [2.75, 3.05) is 5.32 Å². The summed E-state index contributed by atoms with van der Waals surface area (Å²) in [4.78, 5) is 23.6. The molecule has 0 aromatic heterocycles. The van der Waals surface area contributed by atoms with Crippen LogP contribution in [-0.2, 0) is 9.59 Å². The van der Waals surface area contributed by atoms with Crippen LogP contribution in [-0.4, -0.2) is 18.0 Å². The van der Waals surface area contributed by atoms with E-state index >= 15 is 0 Å². The number of aryl methyl sites for hydroxylation is 2. The first-order valence-electron chi connectivity index (χ1n) is 6.93. The minimum atomic E-state index is -0.822. The first kappa shape index (κ1) is 16.9. The first-order valence-corrected chi connectivity index (χ1v) is 7.72. The molecule has 5 nitrogen and oxygen atoms in total. The number of nitrogens with one attached hydrogen (secondary N) is 2. The number of rotatable bonds is 3. The molecule has 0 aliphatic heterocycles. The normalized spacial score (nSPS) is 10.6. The molecule has 6 heteroatoms. The lowest BCUT2D eigenvalue weighted by atomic mass is 10.1. The predicted molar refractivity (Wildman–Crippen MR) is 94.4 cm³/mol. The van der Waals surface area contributed by atoms with Crippen molar-refractivity contribution in [3.05, 3.63) is 63.6 Å². The third-order valence-electron chi connectivity index (χ3n) is 3.08. The van der Waals surface area contributed by atoms with Gasteiger partial charge in [-0.25, -0.2) is 5.43 Å². The molecule has 0 heterocycles. The zero-order chi connectivity index (χ0) is 16.8. The number of carbonyl (C=O) groups excluding carboxylic acids is 2. The second-order valence-corrected chi connectivity index (χ2v) is 5.94. The SMILES string of the molecule is Cc1ccc(C)c(NC(=O)C(=O)NN=Cc2cccc(Br)c2)c1. The molecule has 0 saturated heterocycles. The van der Waals surface area contributed by atoms with E-state index in [2.05, 4.69) is 31.8 Å². The molecular weight excluding hydrogens is 358 g/mol. The highest BCUT2D eigenvalue weighted by Crippen LogP contribution is 2.16. The summed E-state index contributed by atoms with van der Waals surface area (Å²) in [5, 5.41) is 6.36. The molecule has 2 aromatic carbocycles. The van der Waals surface area contributed by atoms with Crippen molar-refractivity contribution in [3.63, 3.8) is 0 Å². The Labute approximate surface area is 142 Å². The standard InChI is InChI=1S/C17H16BrN3O2/c1-11-6-7-12(2)15(8-11)20-16(22)17(23)21-19-10-13-4-3-5-14(18)9-13/h3-10H,1-2H3,(H,20,22)(H,21,23). The highest BCUT2D eigenvalue weighted by molar-refractivity contribution is 9.10. The maximum Gasteiger partial charge on any atom is 0.329 e. The van der Waals surface area contributed by atoms with Crippen LogP contribution < -0.4 is 10.7 Å². The van der Waals surface area contributed by atoms with E-state index in [0.717, 1.165) is 21.2 Å². The number of anilines is 1. The van der Waals surface area contributed by atoms with Crippen LogP contribution in [0.4, 0.5) is 5.69 Å². The van der Waals surface area contributed by atoms with Gasteiger partial charge in [-0.2, -0.15) is 5.10 Å². The zero-order valence-corrected chi connectivity index (χ0v) is 14.3. The van der Waals surface area contributed by atoms with E-state index < -0.39 is 11.8 Å². The Morgan fingerprint density at radius 3 is 2.61 bits per heavy atom. The van der Waals surface area contributed by atoms with Crippen molar-refractivity contribution in [2.45, 2.75) is 13.8 Å². The van der Waals surface area contributed by atoms with Gasteiger partial charge in [-0.3, -0.25) is 9.59 Å². The van der Waals surface area contributed by atoms with Crippen LogP contribution in [0.25, 0.3) is 0 Å². The maximum atomic E-state index is 11.9. The lowest BCUT2D eigenvalue weighted by molar-refractivity contribution is -0.136. The summed E-state index contributed by atoms with van der Waals surface area (Å²) in [5.41, 5.74) is 5.50. The second kappa shape index (κ2) is 7.69. The summed E-state index contributed by atoms with van der Waals surface area (Å²) in [6.07, 6.45) is 1.47. The molecule has 0 aliphatic rings. The van der Waals surface area contributed by atoms with E-state index in [1.807, 2.05) is 56.3 Å². The fraction of sp³-hybridized carbons (Fsp3) is 0.118. The van der Waals surface area contributed by atoms with Gasteiger partial charge < -0.3 is 5.32 Å². The Bertz CT molecular complexity index is 772. The number of hydrogen-bond donors (Lipinski definition) is 2. The molecule has 0 unspecified atom stereocenters. The lowest BCUT2D eigenvalue weighted by Gasteiger charge is -2.08. The Morgan fingerprint density at radius 2 is 1.87 bits per heavy atom. The number of hydrazone groups is 1. The highest BCUT2D eigenvalue weighted by atomic mass is 79.9. The summed E-state index contributed by atoms with van der Waals surface area (Å²) in [6.45, 7) is 3.77. The van der Waals surface area contributed by atoms with Crippen LogP contribution in [0.1, 0.15) is 16.7 Å². The molecule has 2 rings (SSSR count). The van der Waals surface area contributed by atoms with Crippen molar-refractivity contribution in [1.29, 1.82) is 0 Å². The van der Waals surface area contributed by atoms with Crippen molar-refractivity contribution in [2.24, 2.45) is 5.10 Å². The summed E-state index contributed by atoms with van der Waals surface area (Å²) >= 11 is 3.34. The molecule has 2 amide bonds. The molecule has 0 fully saturated rings. The van der Waals surface area contributed by atoms with Gasteiger partial charge in [0.15, 0.2) is 0 Å². The quantitative estimate of drug-likeness (QED) is 0.492. The number of carbonyl (C=O) groups is 2. The topological polar surface area (TPSA) is 70.6 Å². The Balaban J connectivity index is 1.95. The Kier molecular flexibility index (Phi) is 5.65. The van der Waals surface area contributed by atoms with Gasteiger partial charge in [-0.1, -0.05) is 40.2 Å². The van der Waals surface area contributed by atoms with Gasteiger partial charge in [-0.05, 0) is 48.7 Å². The second-order valence-electron chi connectivity index (χ2n) is 5.03. The molecule has 23 heavy (non-hydrogen) atoms. The monoisotopic (exact) mass is 373 g/mol. The van der Waals surface area contributed by atoms with Crippen molar-refractivity contribution in [3.8, 4) is 0 Å². The number of benzene rings is 2. The van der Waals surface area contributed by atoms with Gasteiger partial charge in [0.1, 0.15) is 0 Å². The lowest BCUT2D eigenvalue weighted by Crippen LogP contribution is -2.32. The van der Waals surface area contributed by atoms with Crippen LogP contribution in [0.2, 0.25) is 0 Å². The van der Waals surface area contributed by atoms with Crippen LogP contribution in [0.5, 0.6) is 0 Å². The summed E-state index contributed by atoms with van der Waals surface area (Å²) < 4.78 is 0.903. The molecule has 2 N–H and O–H groups in total. The molecule has 0 bridgehead atoms. The zero-order valence-electron chi connectivity index (χ0n) is 12.8. The fourth-order valence-corrected chi connectivity index (χ4v) is 2.27. The molecule has 0 atom stereocenters. The van der Waals surface area contributed by atoms with E-state index in [1.54, 1.807) is 0 Å². The van der Waals surface area contributed by atoms with Gasteiger partial charge in [-0.15, -0.1) is 0 Å². The molecule has 0 radical (unpaired) electrons. The largest absolute Gasteiger partial charge is 0.329 e. The number of halogens is 1. The average molecular weight is 374 g/mol. The van der Waals surface area contributed by atoms with Gasteiger partial charge >= 0.3 is 11.8 Å². The fourth-order valence-electron chi connectivity index (χ4n) is 1.85. The smallest absolute Gasteiger partial charge is 0.317 e. The third kappa shape index (κ3) is 5.03. The van der Waals surface area contributed by atoms with E-state index in [-0.39, 0.29) is 0 Å². The first-order chi connectivity index (χ1) is 11.0. The van der Waals surface area contributed by atoms with Gasteiger partial charge in [0, 0.05) is 10.2 Å². The van der Waals surface area contributed by atoms with Crippen molar-refractivity contribution < 1.29 is 9.59 Å². The van der Waals surface area contributed by atoms with E-state index in [1.165, 1.54) is 6.21 Å². The third-order valence-corrected chi connectivity index (χ3v) is 3.57. The minimum Gasteiger partial charge on any atom is -0.317 e. The molecule has 118 valence electrons. The molecule has 2 aromatic rings. The van der Waals surface area contributed by atoms with Crippen LogP contribution in [0.15, 0.2) is 52.0 Å².